The quantitative estimate of drug-likeness (QED) is 0.635. The lowest BCUT2D eigenvalue weighted by Crippen LogP contribution is -2.40. The van der Waals surface area contributed by atoms with Crippen LogP contribution in [0, 0.1) is 12.8 Å². The van der Waals surface area contributed by atoms with Crippen LogP contribution in [-0.4, -0.2) is 31.7 Å². The third-order valence-electron chi connectivity index (χ3n) is 6.66. The minimum atomic E-state index is -3.50. The smallest absolute Gasteiger partial charge is 0.243 e. The molecule has 1 atom stereocenters. The summed E-state index contributed by atoms with van der Waals surface area (Å²) in [6.07, 6.45) is 7.46. The summed E-state index contributed by atoms with van der Waals surface area (Å²) in [5, 5.41) is 2.82. The fourth-order valence-corrected chi connectivity index (χ4v) is 6.40. The van der Waals surface area contributed by atoms with Gasteiger partial charge in [-0.25, -0.2) is 8.42 Å². The number of carbonyl (C=O) groups is 1. The average molecular weight is 441 g/mol. The van der Waals surface area contributed by atoms with E-state index in [0.29, 0.717) is 36.7 Å². The molecule has 0 spiro atoms. The lowest BCUT2D eigenvalue weighted by molar-refractivity contribution is -0.116. The molecule has 1 fully saturated rings. The molecule has 2 heterocycles. The van der Waals surface area contributed by atoms with Gasteiger partial charge in [0.2, 0.25) is 15.9 Å². The van der Waals surface area contributed by atoms with Crippen molar-refractivity contribution >= 4 is 21.6 Å². The van der Waals surface area contributed by atoms with E-state index in [-0.39, 0.29) is 5.91 Å². The number of anilines is 1. The van der Waals surface area contributed by atoms with Gasteiger partial charge >= 0.3 is 0 Å². The van der Waals surface area contributed by atoms with Crippen LogP contribution >= 0.6 is 0 Å². The summed E-state index contributed by atoms with van der Waals surface area (Å²) in [4.78, 5) is 11.9. The summed E-state index contributed by atoms with van der Waals surface area (Å²) in [6, 6.07) is 13.6. The van der Waals surface area contributed by atoms with E-state index >= 15 is 0 Å². The molecule has 1 N–H and O–H groups in total. The highest BCUT2D eigenvalue weighted by Crippen LogP contribution is 2.30. The van der Waals surface area contributed by atoms with Crippen LogP contribution in [0.5, 0.6) is 0 Å². The average Bonchev–Trinajstić information content (AvgIpc) is 2.77. The number of hydrogen-bond acceptors (Lipinski definition) is 3. The van der Waals surface area contributed by atoms with E-state index in [4.69, 9.17) is 0 Å². The first kappa shape index (κ1) is 22.0. The van der Waals surface area contributed by atoms with Crippen molar-refractivity contribution in [3.8, 4) is 0 Å². The first-order chi connectivity index (χ1) is 14.9. The van der Waals surface area contributed by atoms with Gasteiger partial charge in [0.1, 0.15) is 0 Å². The Kier molecular flexibility index (Phi) is 6.77. The van der Waals surface area contributed by atoms with Gasteiger partial charge in [0.05, 0.1) is 4.90 Å². The second-order valence-corrected chi connectivity index (χ2v) is 10.8. The molecular formula is C25H32N2O3S. The molecular weight excluding hydrogens is 408 g/mol. The SMILES string of the molecule is Cc1ccccc1CCCCC1CCCN(S(=O)(=O)c2ccc3c(c2)CCC(=O)N3)C1. The number of nitrogens with one attached hydrogen (secondary N) is 1. The van der Waals surface area contributed by atoms with Crippen molar-refractivity contribution in [1.29, 1.82) is 0 Å². The summed E-state index contributed by atoms with van der Waals surface area (Å²) < 4.78 is 28.2. The first-order valence-corrected chi connectivity index (χ1v) is 12.8. The van der Waals surface area contributed by atoms with Gasteiger partial charge in [0, 0.05) is 25.2 Å². The summed E-state index contributed by atoms with van der Waals surface area (Å²) in [7, 11) is -3.50. The highest BCUT2D eigenvalue weighted by molar-refractivity contribution is 7.89. The summed E-state index contributed by atoms with van der Waals surface area (Å²) in [5.41, 5.74) is 4.41. The number of sulfonamides is 1. The van der Waals surface area contributed by atoms with Crippen molar-refractivity contribution in [2.24, 2.45) is 5.92 Å². The van der Waals surface area contributed by atoms with E-state index in [2.05, 4.69) is 36.5 Å². The van der Waals surface area contributed by atoms with Gasteiger partial charge in [0.25, 0.3) is 0 Å². The number of nitrogens with zero attached hydrogens (tertiary/aromatic N) is 1. The Bertz CT molecular complexity index is 1050. The number of hydrogen-bond donors (Lipinski definition) is 1. The Morgan fingerprint density at radius 1 is 1.10 bits per heavy atom. The van der Waals surface area contributed by atoms with E-state index in [1.807, 2.05) is 0 Å². The molecule has 166 valence electrons. The largest absolute Gasteiger partial charge is 0.326 e. The lowest BCUT2D eigenvalue weighted by Gasteiger charge is -2.32. The van der Waals surface area contributed by atoms with Crippen LogP contribution in [0.25, 0.3) is 0 Å². The molecule has 0 bridgehead atoms. The van der Waals surface area contributed by atoms with Crippen LogP contribution in [0.1, 0.15) is 55.2 Å². The zero-order valence-electron chi connectivity index (χ0n) is 18.3. The molecule has 2 aromatic rings. The maximum Gasteiger partial charge on any atom is 0.243 e. The maximum absolute atomic E-state index is 13.3. The number of amides is 1. The predicted octanol–water partition coefficient (Wildman–Crippen LogP) is 4.69. The molecule has 2 aromatic carbocycles. The molecule has 2 aliphatic rings. The Morgan fingerprint density at radius 3 is 2.77 bits per heavy atom. The number of rotatable bonds is 7. The standard InChI is InChI=1S/C25H32N2O3S/c1-19-7-2-4-10-21(19)11-5-3-8-20-9-6-16-27(18-20)31(29,30)23-13-14-24-22(17-23)12-15-25(28)26-24/h2,4,7,10,13-14,17,20H,3,5-6,8-9,11-12,15-16,18H2,1H3,(H,26,28). The lowest BCUT2D eigenvalue weighted by atomic mass is 9.92. The minimum absolute atomic E-state index is 0.00981. The molecule has 1 unspecified atom stereocenters. The highest BCUT2D eigenvalue weighted by Gasteiger charge is 2.31. The summed E-state index contributed by atoms with van der Waals surface area (Å²) in [6.45, 7) is 3.37. The molecule has 31 heavy (non-hydrogen) atoms. The van der Waals surface area contributed by atoms with Crippen molar-refractivity contribution in [3.63, 3.8) is 0 Å². The van der Waals surface area contributed by atoms with Crippen molar-refractivity contribution < 1.29 is 13.2 Å². The molecule has 5 nitrogen and oxygen atoms in total. The zero-order chi connectivity index (χ0) is 21.8. The maximum atomic E-state index is 13.3. The molecule has 4 rings (SSSR count). The second kappa shape index (κ2) is 9.53. The van der Waals surface area contributed by atoms with E-state index in [9.17, 15) is 13.2 Å². The number of fused-ring (bicyclic) bond motifs is 1. The van der Waals surface area contributed by atoms with Crippen LogP contribution in [0.4, 0.5) is 5.69 Å². The second-order valence-electron chi connectivity index (χ2n) is 8.91. The van der Waals surface area contributed by atoms with Gasteiger partial charge in [-0.15, -0.1) is 0 Å². The Hall–Kier alpha value is -2.18. The zero-order valence-corrected chi connectivity index (χ0v) is 19.1. The molecule has 0 saturated carbocycles. The summed E-state index contributed by atoms with van der Waals surface area (Å²) in [5.74, 6) is 0.418. The number of unbranched alkanes of at least 4 members (excludes halogenated alkanes) is 1. The van der Waals surface area contributed by atoms with Crippen molar-refractivity contribution in [3.05, 3.63) is 59.2 Å². The number of benzene rings is 2. The number of piperidine rings is 1. The molecule has 6 heteroatoms. The summed E-state index contributed by atoms with van der Waals surface area (Å²) >= 11 is 0. The molecule has 0 aromatic heterocycles. The van der Waals surface area contributed by atoms with Crippen LogP contribution in [0.3, 0.4) is 0 Å². The van der Waals surface area contributed by atoms with Gasteiger partial charge in [-0.1, -0.05) is 30.7 Å². The number of carbonyl (C=O) groups excluding carboxylic acids is 1. The highest BCUT2D eigenvalue weighted by atomic mass is 32.2. The van der Waals surface area contributed by atoms with E-state index < -0.39 is 10.0 Å². The van der Waals surface area contributed by atoms with Gasteiger partial charge in [0.15, 0.2) is 0 Å². The van der Waals surface area contributed by atoms with E-state index in [1.165, 1.54) is 11.1 Å². The Balaban J connectivity index is 1.34. The van der Waals surface area contributed by atoms with Gasteiger partial charge in [-0.2, -0.15) is 4.31 Å². The predicted molar refractivity (Wildman–Crippen MR) is 124 cm³/mol. The van der Waals surface area contributed by atoms with Crippen molar-refractivity contribution in [1.82, 2.24) is 4.31 Å². The van der Waals surface area contributed by atoms with Crippen molar-refractivity contribution in [2.75, 3.05) is 18.4 Å². The third kappa shape index (κ3) is 5.18. The normalized spacial score (nSPS) is 19.6. The van der Waals surface area contributed by atoms with Crippen LogP contribution in [0.2, 0.25) is 0 Å². The van der Waals surface area contributed by atoms with E-state index in [1.54, 1.807) is 22.5 Å². The van der Waals surface area contributed by atoms with Gasteiger partial charge < -0.3 is 5.32 Å². The first-order valence-electron chi connectivity index (χ1n) is 11.4. The molecule has 1 saturated heterocycles. The fourth-order valence-electron chi connectivity index (χ4n) is 4.79. The number of aryl methyl sites for hydroxylation is 3. The van der Waals surface area contributed by atoms with Gasteiger partial charge in [-0.05, 0) is 86.3 Å². The molecule has 1 amide bonds. The third-order valence-corrected chi connectivity index (χ3v) is 8.52. The monoisotopic (exact) mass is 440 g/mol. The minimum Gasteiger partial charge on any atom is -0.326 e. The van der Waals surface area contributed by atoms with Crippen LogP contribution in [0.15, 0.2) is 47.4 Å². The Morgan fingerprint density at radius 2 is 1.94 bits per heavy atom. The molecule has 0 radical (unpaired) electrons. The molecule has 2 aliphatic heterocycles. The van der Waals surface area contributed by atoms with Crippen LogP contribution in [-0.2, 0) is 27.7 Å². The van der Waals surface area contributed by atoms with E-state index in [0.717, 1.165) is 49.8 Å². The van der Waals surface area contributed by atoms with Crippen molar-refractivity contribution in [2.45, 2.75) is 63.2 Å². The molecule has 0 aliphatic carbocycles. The van der Waals surface area contributed by atoms with Crippen LogP contribution < -0.4 is 5.32 Å². The topological polar surface area (TPSA) is 66.5 Å². The Labute approximate surface area is 185 Å². The van der Waals surface area contributed by atoms with Gasteiger partial charge in [-0.3, -0.25) is 4.79 Å². The fraction of sp³-hybridized carbons (Fsp3) is 0.480.